The fourth-order valence-corrected chi connectivity index (χ4v) is 7.27. The third kappa shape index (κ3) is 34.8. The largest absolute Gasteiger partial charge is 0.394 e. The van der Waals surface area contributed by atoms with Gasteiger partial charge >= 0.3 is 0 Å². The average Bonchev–Trinajstić information content (AvgIpc) is 3.15. The number of aliphatic hydroxyl groups is 4. The van der Waals surface area contributed by atoms with E-state index in [0.717, 1.165) is 44.9 Å². The molecule has 1 amide bonds. The summed E-state index contributed by atoms with van der Waals surface area (Å²) in [7, 11) is 0. The topological polar surface area (TPSA) is 110 Å². The number of nitrogens with one attached hydrogen (secondary N) is 1. The second-order valence-electron chi connectivity index (χ2n) is 16.1. The third-order valence-corrected chi connectivity index (χ3v) is 11.0. The molecule has 6 nitrogen and oxygen atoms in total. The molecule has 0 saturated heterocycles. The molecule has 0 aliphatic heterocycles. The molecule has 0 fully saturated rings. The minimum absolute atomic E-state index is 0.368. The van der Waals surface area contributed by atoms with Crippen molar-refractivity contribution in [1.29, 1.82) is 0 Å². The minimum atomic E-state index is -1.27. The molecule has 310 valence electrons. The first-order valence-electron chi connectivity index (χ1n) is 23.1. The number of rotatable bonds is 42. The summed E-state index contributed by atoms with van der Waals surface area (Å²) in [5.41, 5.74) is 0. The molecule has 0 aromatic rings. The van der Waals surface area contributed by atoms with Crippen molar-refractivity contribution in [1.82, 2.24) is 5.32 Å². The zero-order valence-electron chi connectivity index (χ0n) is 34.8. The van der Waals surface area contributed by atoms with Crippen LogP contribution in [0.1, 0.15) is 245 Å². The maximum Gasteiger partial charge on any atom is 0.249 e. The van der Waals surface area contributed by atoms with Gasteiger partial charge in [-0.1, -0.05) is 225 Å². The van der Waals surface area contributed by atoms with E-state index in [1.54, 1.807) is 0 Å². The first-order valence-corrected chi connectivity index (χ1v) is 23.1. The second kappa shape index (κ2) is 41.2. The molecule has 0 aromatic carbocycles. The van der Waals surface area contributed by atoms with E-state index in [0.29, 0.717) is 12.8 Å². The van der Waals surface area contributed by atoms with E-state index in [4.69, 9.17) is 0 Å². The Morgan fingerprint density at radius 3 is 1.13 bits per heavy atom. The van der Waals surface area contributed by atoms with E-state index in [2.05, 4.69) is 31.3 Å². The molecule has 4 unspecified atom stereocenters. The number of unbranched alkanes of at least 4 members (excludes halogenated alkanes) is 31. The molecule has 0 saturated carbocycles. The molecule has 0 spiro atoms. The van der Waals surface area contributed by atoms with Gasteiger partial charge in [0.15, 0.2) is 0 Å². The van der Waals surface area contributed by atoms with Crippen LogP contribution >= 0.6 is 0 Å². The molecule has 5 N–H and O–H groups in total. The van der Waals surface area contributed by atoms with Crippen molar-refractivity contribution in [2.45, 2.75) is 269 Å². The number of aliphatic hydroxyl groups excluding tert-OH is 4. The lowest BCUT2D eigenvalue weighted by Gasteiger charge is -2.27. The van der Waals surface area contributed by atoms with Crippen LogP contribution in [-0.2, 0) is 4.79 Å². The van der Waals surface area contributed by atoms with Crippen LogP contribution in [-0.4, -0.2) is 57.3 Å². The molecular weight excluding hydrogens is 647 g/mol. The van der Waals surface area contributed by atoms with Crippen molar-refractivity contribution < 1.29 is 25.2 Å². The Balaban J connectivity index is 3.51. The predicted molar refractivity (Wildman–Crippen MR) is 224 cm³/mol. The number of amides is 1. The maximum absolute atomic E-state index is 12.4. The molecule has 52 heavy (non-hydrogen) atoms. The van der Waals surface area contributed by atoms with E-state index < -0.39 is 36.9 Å². The summed E-state index contributed by atoms with van der Waals surface area (Å²) in [4.78, 5) is 12.4. The molecule has 0 aliphatic carbocycles. The molecule has 0 heterocycles. The number of allylic oxidation sites excluding steroid dienone is 2. The van der Waals surface area contributed by atoms with Crippen LogP contribution in [0.25, 0.3) is 0 Å². The lowest BCUT2D eigenvalue weighted by molar-refractivity contribution is -0.132. The molecule has 0 aromatic heterocycles. The summed E-state index contributed by atoms with van der Waals surface area (Å²) in [5.74, 6) is -0.593. The molecule has 0 rings (SSSR count). The van der Waals surface area contributed by atoms with Gasteiger partial charge in [-0.2, -0.15) is 0 Å². The number of hydrogen-bond donors (Lipinski definition) is 5. The quantitative estimate of drug-likeness (QED) is 0.0316. The van der Waals surface area contributed by atoms with Crippen molar-refractivity contribution in [3.63, 3.8) is 0 Å². The summed E-state index contributed by atoms with van der Waals surface area (Å²) in [5, 5.41) is 43.3. The maximum atomic E-state index is 12.4. The number of carbonyl (C=O) groups is 1. The highest BCUT2D eigenvalue weighted by molar-refractivity contribution is 5.80. The molecule has 0 aliphatic rings. The zero-order chi connectivity index (χ0) is 38.2. The third-order valence-electron chi connectivity index (χ3n) is 11.0. The average molecular weight is 738 g/mol. The van der Waals surface area contributed by atoms with Crippen LogP contribution in [0.5, 0.6) is 0 Å². The predicted octanol–water partition coefficient (Wildman–Crippen LogP) is 12.2. The Morgan fingerprint density at radius 2 is 0.788 bits per heavy atom. The van der Waals surface area contributed by atoms with Crippen molar-refractivity contribution in [2.75, 3.05) is 6.61 Å². The Kier molecular flexibility index (Phi) is 40.5. The van der Waals surface area contributed by atoms with E-state index in [1.165, 1.54) is 173 Å². The normalized spacial score (nSPS) is 14.2. The standard InChI is InChI=1S/C46H91NO5/c1-3-5-7-9-11-12-13-14-15-16-17-18-19-20-21-22-23-24-25-26-27-28-29-30-31-32-34-36-38-40-44(50)46(52)47-42(41-48)45(51)43(49)39-37-35-33-10-8-6-4-2/h10,33,42-45,48-51H,3-9,11-32,34-41H2,1-2H3,(H,47,52)/b33-10+. The summed E-state index contributed by atoms with van der Waals surface area (Å²) in [6.45, 7) is 3.96. The Morgan fingerprint density at radius 1 is 0.462 bits per heavy atom. The molecule has 0 bridgehead atoms. The van der Waals surface area contributed by atoms with Gasteiger partial charge in [-0.15, -0.1) is 0 Å². The lowest BCUT2D eigenvalue weighted by atomic mass is 10.00. The van der Waals surface area contributed by atoms with Gasteiger partial charge in [-0.25, -0.2) is 0 Å². The molecular formula is C46H91NO5. The van der Waals surface area contributed by atoms with Crippen LogP contribution in [0.3, 0.4) is 0 Å². The van der Waals surface area contributed by atoms with Crippen molar-refractivity contribution in [3.8, 4) is 0 Å². The van der Waals surface area contributed by atoms with Gasteiger partial charge in [0, 0.05) is 0 Å². The van der Waals surface area contributed by atoms with Gasteiger partial charge in [-0.3, -0.25) is 4.79 Å². The summed E-state index contributed by atoms with van der Waals surface area (Å²) in [6, 6.07) is -0.995. The van der Waals surface area contributed by atoms with Crippen LogP contribution in [0.4, 0.5) is 0 Å². The van der Waals surface area contributed by atoms with Crippen molar-refractivity contribution in [2.24, 2.45) is 0 Å². The van der Waals surface area contributed by atoms with E-state index in [9.17, 15) is 25.2 Å². The first-order chi connectivity index (χ1) is 25.5. The number of carbonyl (C=O) groups excluding carboxylic acids is 1. The Labute approximate surface area is 323 Å². The van der Waals surface area contributed by atoms with Gasteiger partial charge in [0.25, 0.3) is 0 Å². The number of hydrogen-bond acceptors (Lipinski definition) is 5. The minimum Gasteiger partial charge on any atom is -0.394 e. The fraction of sp³-hybridized carbons (Fsp3) is 0.935. The van der Waals surface area contributed by atoms with Crippen LogP contribution in [0.2, 0.25) is 0 Å². The molecule has 4 atom stereocenters. The highest BCUT2D eigenvalue weighted by Gasteiger charge is 2.28. The van der Waals surface area contributed by atoms with Gasteiger partial charge in [0.1, 0.15) is 12.2 Å². The van der Waals surface area contributed by atoms with Crippen LogP contribution in [0, 0.1) is 0 Å². The van der Waals surface area contributed by atoms with Gasteiger partial charge in [0.2, 0.25) is 5.91 Å². The van der Waals surface area contributed by atoms with Crippen LogP contribution < -0.4 is 5.32 Å². The van der Waals surface area contributed by atoms with Crippen molar-refractivity contribution in [3.05, 3.63) is 12.2 Å². The Hall–Kier alpha value is -0.950. The zero-order valence-corrected chi connectivity index (χ0v) is 34.8. The van der Waals surface area contributed by atoms with E-state index in [1.807, 2.05) is 0 Å². The van der Waals surface area contributed by atoms with E-state index in [-0.39, 0.29) is 0 Å². The monoisotopic (exact) mass is 738 g/mol. The lowest BCUT2D eigenvalue weighted by Crippen LogP contribution is -2.53. The van der Waals surface area contributed by atoms with Crippen LogP contribution in [0.15, 0.2) is 12.2 Å². The van der Waals surface area contributed by atoms with Crippen molar-refractivity contribution >= 4 is 5.91 Å². The van der Waals surface area contributed by atoms with Gasteiger partial charge in [-0.05, 0) is 32.1 Å². The summed E-state index contributed by atoms with van der Waals surface area (Å²) < 4.78 is 0. The Bertz CT molecular complexity index is 746. The molecule has 6 heteroatoms. The highest BCUT2D eigenvalue weighted by atomic mass is 16.3. The fourth-order valence-electron chi connectivity index (χ4n) is 7.27. The second-order valence-corrected chi connectivity index (χ2v) is 16.1. The highest BCUT2D eigenvalue weighted by Crippen LogP contribution is 2.17. The smallest absolute Gasteiger partial charge is 0.249 e. The van der Waals surface area contributed by atoms with Gasteiger partial charge in [0.05, 0.1) is 18.8 Å². The first kappa shape index (κ1) is 51.0. The molecule has 0 radical (unpaired) electrons. The summed E-state index contributed by atoms with van der Waals surface area (Å²) in [6.07, 6.45) is 45.9. The van der Waals surface area contributed by atoms with Gasteiger partial charge < -0.3 is 25.7 Å². The summed E-state index contributed by atoms with van der Waals surface area (Å²) >= 11 is 0. The SMILES string of the molecule is CCCC/C=C/CCCC(O)C(O)C(CO)NC(=O)C(O)CCCCCCCCCCCCCCCCCCCCCCCCCCCCCCC. The van der Waals surface area contributed by atoms with E-state index >= 15 is 0 Å².